The molecule has 132 valence electrons. The zero-order chi connectivity index (χ0) is 18.2. The topological polar surface area (TPSA) is 68.3 Å². The molecule has 0 fully saturated rings. The van der Waals surface area contributed by atoms with E-state index in [1.807, 2.05) is 19.2 Å². The van der Waals surface area contributed by atoms with Gasteiger partial charge in [-0.25, -0.2) is 8.42 Å². The first-order valence-corrected chi connectivity index (χ1v) is 10.0. The smallest absolute Gasteiger partial charge is 0.175 e. The molecule has 1 N–H and O–H groups in total. The standard InChI is InChI=1S/C18H19ClN2O3S/c1-20-16-9-12(21-15-7-6-14(19)18(15)16)8-11-4-5-13(25(3,22)23)10-17(11)24-2/h4-6,9-10H,7-8H2,1-3H3,(H,20,21). The van der Waals surface area contributed by atoms with Crippen molar-refractivity contribution in [2.75, 3.05) is 25.7 Å². The Hall–Kier alpha value is -2.05. The molecule has 0 spiro atoms. The molecule has 5 nitrogen and oxygen atoms in total. The van der Waals surface area contributed by atoms with Gasteiger partial charge in [0.1, 0.15) is 5.75 Å². The molecule has 0 saturated carbocycles. The van der Waals surface area contributed by atoms with Crippen LogP contribution >= 0.6 is 11.6 Å². The molecular formula is C18H19ClN2O3S. The van der Waals surface area contributed by atoms with Crippen molar-refractivity contribution in [1.82, 2.24) is 4.98 Å². The van der Waals surface area contributed by atoms with Gasteiger partial charge in [-0.15, -0.1) is 0 Å². The Kier molecular flexibility index (Phi) is 4.75. The second kappa shape index (κ2) is 6.69. The molecule has 3 rings (SSSR count). The minimum atomic E-state index is -3.28. The molecule has 1 aromatic heterocycles. The third-order valence-corrected chi connectivity index (χ3v) is 5.64. The van der Waals surface area contributed by atoms with Crippen LogP contribution in [-0.2, 0) is 22.7 Å². The number of ether oxygens (including phenoxy) is 1. The molecule has 25 heavy (non-hydrogen) atoms. The Morgan fingerprint density at radius 3 is 2.72 bits per heavy atom. The molecule has 1 aliphatic carbocycles. The number of sulfone groups is 1. The zero-order valence-corrected chi connectivity index (χ0v) is 15.8. The number of benzene rings is 1. The number of pyridine rings is 1. The average molecular weight is 379 g/mol. The van der Waals surface area contributed by atoms with Crippen LogP contribution in [0.5, 0.6) is 5.75 Å². The second-order valence-electron chi connectivity index (χ2n) is 5.91. The van der Waals surface area contributed by atoms with Crippen molar-refractivity contribution in [2.45, 2.75) is 17.7 Å². The van der Waals surface area contributed by atoms with Gasteiger partial charge in [-0.05, 0) is 18.2 Å². The molecule has 0 saturated heterocycles. The molecule has 1 aromatic carbocycles. The molecule has 0 radical (unpaired) electrons. The number of allylic oxidation sites excluding steroid dienone is 1. The number of fused-ring (bicyclic) bond motifs is 1. The van der Waals surface area contributed by atoms with Crippen molar-refractivity contribution in [3.8, 4) is 5.75 Å². The molecular weight excluding hydrogens is 360 g/mol. The Morgan fingerprint density at radius 1 is 1.32 bits per heavy atom. The number of aromatic nitrogens is 1. The molecule has 0 unspecified atom stereocenters. The third kappa shape index (κ3) is 3.50. The van der Waals surface area contributed by atoms with E-state index in [4.69, 9.17) is 21.3 Å². The van der Waals surface area contributed by atoms with Crippen LogP contribution in [0.15, 0.2) is 35.2 Å². The Labute approximate surface area is 152 Å². The number of nitrogens with zero attached hydrogens (tertiary/aromatic N) is 1. The van der Waals surface area contributed by atoms with E-state index in [2.05, 4.69) is 5.32 Å². The van der Waals surface area contributed by atoms with Crippen molar-refractivity contribution >= 4 is 32.2 Å². The fourth-order valence-electron chi connectivity index (χ4n) is 2.94. The van der Waals surface area contributed by atoms with Gasteiger partial charge in [-0.1, -0.05) is 23.7 Å². The SMILES string of the molecule is CNc1cc(Cc2ccc(S(C)(=O)=O)cc2OC)nc2c1C(Cl)=CC2. The van der Waals surface area contributed by atoms with E-state index in [9.17, 15) is 8.42 Å². The monoisotopic (exact) mass is 378 g/mol. The van der Waals surface area contributed by atoms with Gasteiger partial charge in [0.05, 0.1) is 17.7 Å². The maximum atomic E-state index is 11.7. The van der Waals surface area contributed by atoms with Crippen LogP contribution in [0.25, 0.3) is 5.03 Å². The Balaban J connectivity index is 1.99. The van der Waals surface area contributed by atoms with Crippen molar-refractivity contribution in [3.63, 3.8) is 0 Å². The van der Waals surface area contributed by atoms with Crippen molar-refractivity contribution < 1.29 is 13.2 Å². The summed E-state index contributed by atoms with van der Waals surface area (Å²) >= 11 is 6.25. The summed E-state index contributed by atoms with van der Waals surface area (Å²) in [7, 11) is 0.105. The quantitative estimate of drug-likeness (QED) is 0.864. The van der Waals surface area contributed by atoms with E-state index in [-0.39, 0.29) is 4.90 Å². The third-order valence-electron chi connectivity index (χ3n) is 4.19. The van der Waals surface area contributed by atoms with Gasteiger partial charge < -0.3 is 10.1 Å². The van der Waals surface area contributed by atoms with Gasteiger partial charge in [0.2, 0.25) is 0 Å². The number of halogens is 1. The van der Waals surface area contributed by atoms with Crippen molar-refractivity contribution in [2.24, 2.45) is 0 Å². The highest BCUT2D eigenvalue weighted by Gasteiger charge is 2.20. The average Bonchev–Trinajstić information content (AvgIpc) is 2.94. The lowest BCUT2D eigenvalue weighted by Gasteiger charge is -2.13. The van der Waals surface area contributed by atoms with E-state index in [0.29, 0.717) is 23.6 Å². The molecule has 1 heterocycles. The van der Waals surface area contributed by atoms with Gasteiger partial charge in [0, 0.05) is 53.7 Å². The predicted molar refractivity (Wildman–Crippen MR) is 100 cm³/mol. The number of methoxy groups -OCH3 is 1. The van der Waals surface area contributed by atoms with Crippen LogP contribution in [0.1, 0.15) is 22.5 Å². The second-order valence-corrected chi connectivity index (χ2v) is 8.33. The first-order valence-electron chi connectivity index (χ1n) is 7.77. The maximum Gasteiger partial charge on any atom is 0.175 e. The lowest BCUT2D eigenvalue weighted by atomic mass is 10.1. The Morgan fingerprint density at radius 2 is 2.08 bits per heavy atom. The van der Waals surface area contributed by atoms with E-state index in [1.54, 1.807) is 18.2 Å². The summed E-state index contributed by atoms with van der Waals surface area (Å²) in [5.74, 6) is 0.535. The van der Waals surface area contributed by atoms with Gasteiger partial charge in [-0.3, -0.25) is 4.98 Å². The van der Waals surface area contributed by atoms with Crippen LogP contribution < -0.4 is 10.1 Å². The van der Waals surface area contributed by atoms with Crippen molar-refractivity contribution in [1.29, 1.82) is 0 Å². The maximum absolute atomic E-state index is 11.7. The first-order chi connectivity index (χ1) is 11.8. The number of anilines is 1. The summed E-state index contributed by atoms with van der Waals surface area (Å²) in [6.45, 7) is 0. The zero-order valence-electron chi connectivity index (χ0n) is 14.3. The van der Waals surface area contributed by atoms with Crippen LogP contribution in [0.4, 0.5) is 5.69 Å². The molecule has 0 aliphatic heterocycles. The fraction of sp³-hybridized carbons (Fsp3) is 0.278. The van der Waals surface area contributed by atoms with Crippen LogP contribution in [0.2, 0.25) is 0 Å². The number of rotatable bonds is 5. The van der Waals surface area contributed by atoms with Gasteiger partial charge in [0.25, 0.3) is 0 Å². The molecule has 1 aliphatic rings. The summed E-state index contributed by atoms with van der Waals surface area (Å²) in [5, 5.41) is 3.88. The van der Waals surface area contributed by atoms with Crippen molar-refractivity contribution in [3.05, 3.63) is 52.9 Å². The van der Waals surface area contributed by atoms with E-state index in [1.165, 1.54) is 13.4 Å². The number of hydrogen-bond acceptors (Lipinski definition) is 5. The Bertz CT molecular complexity index is 969. The highest BCUT2D eigenvalue weighted by Crippen LogP contribution is 2.36. The van der Waals surface area contributed by atoms with E-state index in [0.717, 1.165) is 28.2 Å². The lowest BCUT2D eigenvalue weighted by molar-refractivity contribution is 0.409. The van der Waals surface area contributed by atoms with E-state index >= 15 is 0 Å². The lowest BCUT2D eigenvalue weighted by Crippen LogP contribution is -2.04. The van der Waals surface area contributed by atoms with Gasteiger partial charge in [0.15, 0.2) is 9.84 Å². The van der Waals surface area contributed by atoms with Gasteiger partial charge >= 0.3 is 0 Å². The summed E-state index contributed by atoms with van der Waals surface area (Å²) in [6.07, 6.45) is 4.37. The summed E-state index contributed by atoms with van der Waals surface area (Å²) in [6, 6.07) is 6.88. The fourth-order valence-corrected chi connectivity index (χ4v) is 3.87. The minimum absolute atomic E-state index is 0.238. The molecule has 0 atom stereocenters. The first kappa shape index (κ1) is 17.8. The normalized spacial score (nSPS) is 13.4. The minimum Gasteiger partial charge on any atom is -0.496 e. The predicted octanol–water partition coefficient (Wildman–Crippen LogP) is 3.26. The molecule has 7 heteroatoms. The highest BCUT2D eigenvalue weighted by atomic mass is 35.5. The van der Waals surface area contributed by atoms with Gasteiger partial charge in [-0.2, -0.15) is 0 Å². The van der Waals surface area contributed by atoms with Crippen LogP contribution in [0.3, 0.4) is 0 Å². The van der Waals surface area contributed by atoms with Crippen LogP contribution in [0, 0.1) is 0 Å². The summed E-state index contributed by atoms with van der Waals surface area (Å²) in [4.78, 5) is 4.94. The molecule has 2 aromatic rings. The summed E-state index contributed by atoms with van der Waals surface area (Å²) < 4.78 is 28.8. The molecule has 0 bridgehead atoms. The number of nitrogens with one attached hydrogen (secondary N) is 1. The van der Waals surface area contributed by atoms with E-state index < -0.39 is 9.84 Å². The van der Waals surface area contributed by atoms with Crippen LogP contribution in [-0.4, -0.2) is 33.8 Å². The molecule has 0 amide bonds. The highest BCUT2D eigenvalue weighted by molar-refractivity contribution is 7.90. The summed E-state index contributed by atoms with van der Waals surface area (Å²) in [5.41, 5.74) is 4.58. The largest absolute Gasteiger partial charge is 0.496 e. The number of hydrogen-bond donors (Lipinski definition) is 1.